The second kappa shape index (κ2) is 5.30. The van der Waals surface area contributed by atoms with E-state index in [1.165, 1.54) is 12.8 Å². The number of nitrogens with one attached hydrogen (secondary N) is 1. The number of rotatable bonds is 4. The summed E-state index contributed by atoms with van der Waals surface area (Å²) in [6, 6.07) is 2.32. The minimum Gasteiger partial charge on any atom is -0.377 e. The molecule has 1 atom stereocenters. The summed E-state index contributed by atoms with van der Waals surface area (Å²) in [4.78, 5) is 11.5. The third-order valence-corrected chi connectivity index (χ3v) is 3.81. The van der Waals surface area contributed by atoms with Crippen molar-refractivity contribution in [2.45, 2.75) is 38.1 Å². The number of hydrogen-bond donors (Lipinski definition) is 2. The van der Waals surface area contributed by atoms with E-state index in [0.29, 0.717) is 17.8 Å². The number of nitrogen functional groups attached to an aromatic ring is 1. The van der Waals surface area contributed by atoms with E-state index in [9.17, 15) is 0 Å². The molecule has 1 unspecified atom stereocenters. The molecule has 1 saturated carbocycles. The van der Waals surface area contributed by atoms with E-state index in [-0.39, 0.29) is 0 Å². The first kappa shape index (κ1) is 12.6. The van der Waals surface area contributed by atoms with E-state index in [0.717, 1.165) is 37.8 Å². The summed E-state index contributed by atoms with van der Waals surface area (Å²) in [6.07, 6.45) is 3.43. The molecular formula is C13H21N5O. The van der Waals surface area contributed by atoms with Gasteiger partial charge in [-0.1, -0.05) is 6.92 Å². The standard InChI is InChI=1S/C13H21N5O/c1-2-10-8-19-6-5-18(10)12-7-11(17-14)15-13(16-12)9-3-4-9/h7,9-10H,2-6,8,14H2,1H3,(H,15,16,17). The van der Waals surface area contributed by atoms with Crippen molar-refractivity contribution in [2.75, 3.05) is 30.1 Å². The fraction of sp³-hybridized carbons (Fsp3) is 0.692. The van der Waals surface area contributed by atoms with Crippen LogP contribution in [0.3, 0.4) is 0 Å². The maximum atomic E-state index is 5.55. The first-order valence-electron chi connectivity index (χ1n) is 7.01. The van der Waals surface area contributed by atoms with Crippen molar-refractivity contribution in [2.24, 2.45) is 5.84 Å². The molecule has 2 aliphatic rings. The first-order valence-corrected chi connectivity index (χ1v) is 7.01. The molecule has 2 heterocycles. The van der Waals surface area contributed by atoms with Crippen molar-refractivity contribution in [1.82, 2.24) is 9.97 Å². The van der Waals surface area contributed by atoms with Crippen LogP contribution in [0.25, 0.3) is 0 Å². The molecule has 0 radical (unpaired) electrons. The molecule has 1 saturated heterocycles. The molecule has 6 heteroatoms. The molecule has 1 aliphatic carbocycles. The molecule has 0 aromatic carbocycles. The van der Waals surface area contributed by atoms with Gasteiger partial charge >= 0.3 is 0 Å². The molecule has 0 bridgehead atoms. The molecule has 0 amide bonds. The average Bonchev–Trinajstić information content (AvgIpc) is 3.31. The first-order chi connectivity index (χ1) is 9.31. The topological polar surface area (TPSA) is 76.3 Å². The van der Waals surface area contributed by atoms with Crippen molar-refractivity contribution < 1.29 is 4.74 Å². The number of hydrazine groups is 1. The Balaban J connectivity index is 1.91. The molecule has 3 N–H and O–H groups in total. The molecule has 0 spiro atoms. The lowest BCUT2D eigenvalue weighted by Crippen LogP contribution is -2.45. The lowest BCUT2D eigenvalue weighted by Gasteiger charge is -2.36. The highest BCUT2D eigenvalue weighted by Gasteiger charge is 2.29. The second-order valence-corrected chi connectivity index (χ2v) is 5.22. The van der Waals surface area contributed by atoms with Gasteiger partial charge in [-0.25, -0.2) is 15.8 Å². The largest absolute Gasteiger partial charge is 0.377 e. The Morgan fingerprint density at radius 3 is 3.00 bits per heavy atom. The Labute approximate surface area is 113 Å². The van der Waals surface area contributed by atoms with Crippen LogP contribution >= 0.6 is 0 Å². The van der Waals surface area contributed by atoms with Crippen molar-refractivity contribution in [3.8, 4) is 0 Å². The molecular weight excluding hydrogens is 242 g/mol. The molecule has 3 rings (SSSR count). The third kappa shape index (κ3) is 2.64. The SMILES string of the molecule is CCC1COCCN1c1cc(NN)nc(C2CC2)n1. The van der Waals surface area contributed by atoms with Crippen molar-refractivity contribution >= 4 is 11.6 Å². The lowest BCUT2D eigenvalue weighted by atomic mass is 10.2. The third-order valence-electron chi connectivity index (χ3n) is 3.81. The summed E-state index contributed by atoms with van der Waals surface area (Å²) in [5.41, 5.74) is 2.65. The summed E-state index contributed by atoms with van der Waals surface area (Å²) >= 11 is 0. The van der Waals surface area contributed by atoms with Gasteiger partial charge in [-0.2, -0.15) is 0 Å². The number of anilines is 2. The quantitative estimate of drug-likeness (QED) is 0.629. The molecule has 1 aliphatic heterocycles. The van der Waals surface area contributed by atoms with Crippen molar-refractivity contribution in [3.63, 3.8) is 0 Å². The van der Waals surface area contributed by atoms with Gasteiger partial charge in [0.05, 0.1) is 19.3 Å². The highest BCUT2D eigenvalue weighted by Crippen LogP contribution is 2.39. The fourth-order valence-electron chi connectivity index (χ4n) is 2.49. The van der Waals surface area contributed by atoms with Gasteiger partial charge in [-0.15, -0.1) is 0 Å². The van der Waals surface area contributed by atoms with Gasteiger partial charge in [0.25, 0.3) is 0 Å². The van der Waals surface area contributed by atoms with Gasteiger partial charge in [0, 0.05) is 18.5 Å². The fourth-order valence-corrected chi connectivity index (χ4v) is 2.49. The zero-order chi connectivity index (χ0) is 13.2. The van der Waals surface area contributed by atoms with Gasteiger partial charge in [-0.05, 0) is 19.3 Å². The predicted octanol–water partition coefficient (Wildman–Crippen LogP) is 1.25. The average molecular weight is 263 g/mol. The zero-order valence-electron chi connectivity index (χ0n) is 11.3. The Kier molecular flexibility index (Phi) is 3.52. The molecule has 104 valence electrons. The maximum Gasteiger partial charge on any atom is 0.145 e. The monoisotopic (exact) mass is 263 g/mol. The van der Waals surface area contributed by atoms with Crippen LogP contribution in [0.5, 0.6) is 0 Å². The van der Waals surface area contributed by atoms with Crippen LogP contribution < -0.4 is 16.2 Å². The Morgan fingerprint density at radius 1 is 1.47 bits per heavy atom. The van der Waals surface area contributed by atoms with Gasteiger partial charge < -0.3 is 15.1 Å². The van der Waals surface area contributed by atoms with E-state index < -0.39 is 0 Å². The maximum absolute atomic E-state index is 5.55. The number of morpholine rings is 1. The van der Waals surface area contributed by atoms with Crippen LogP contribution in [0.1, 0.15) is 37.9 Å². The van der Waals surface area contributed by atoms with Crippen molar-refractivity contribution in [3.05, 3.63) is 11.9 Å². The van der Waals surface area contributed by atoms with E-state index in [2.05, 4.69) is 22.2 Å². The number of aromatic nitrogens is 2. The highest BCUT2D eigenvalue weighted by atomic mass is 16.5. The smallest absolute Gasteiger partial charge is 0.145 e. The predicted molar refractivity (Wildman–Crippen MR) is 74.1 cm³/mol. The lowest BCUT2D eigenvalue weighted by molar-refractivity contribution is 0.0925. The Morgan fingerprint density at radius 2 is 2.32 bits per heavy atom. The van der Waals surface area contributed by atoms with Crippen LogP contribution in [0, 0.1) is 0 Å². The minimum atomic E-state index is 0.390. The number of hydrogen-bond acceptors (Lipinski definition) is 6. The van der Waals surface area contributed by atoms with E-state index in [1.807, 2.05) is 6.07 Å². The zero-order valence-corrected chi connectivity index (χ0v) is 11.3. The molecule has 19 heavy (non-hydrogen) atoms. The van der Waals surface area contributed by atoms with Gasteiger partial charge in [0.1, 0.15) is 17.5 Å². The van der Waals surface area contributed by atoms with Crippen LogP contribution in [0.2, 0.25) is 0 Å². The number of nitrogens with two attached hydrogens (primary N) is 1. The van der Waals surface area contributed by atoms with Gasteiger partial charge in [-0.3, -0.25) is 0 Å². The van der Waals surface area contributed by atoms with Crippen LogP contribution in [0.4, 0.5) is 11.6 Å². The van der Waals surface area contributed by atoms with E-state index in [4.69, 9.17) is 15.6 Å². The number of ether oxygens (including phenoxy) is 1. The van der Waals surface area contributed by atoms with Crippen molar-refractivity contribution in [1.29, 1.82) is 0 Å². The molecule has 1 aromatic heterocycles. The van der Waals surface area contributed by atoms with E-state index in [1.54, 1.807) is 0 Å². The molecule has 2 fully saturated rings. The van der Waals surface area contributed by atoms with Gasteiger partial charge in [0.15, 0.2) is 0 Å². The van der Waals surface area contributed by atoms with E-state index >= 15 is 0 Å². The van der Waals surface area contributed by atoms with Crippen LogP contribution in [0.15, 0.2) is 6.07 Å². The Hall–Kier alpha value is -1.40. The highest BCUT2D eigenvalue weighted by molar-refractivity contribution is 5.50. The Bertz CT molecular complexity index is 449. The normalized spacial score (nSPS) is 23.5. The summed E-state index contributed by atoms with van der Waals surface area (Å²) < 4.78 is 5.55. The summed E-state index contributed by atoms with van der Waals surface area (Å²) in [6.45, 7) is 4.58. The summed E-state index contributed by atoms with van der Waals surface area (Å²) in [5.74, 6) is 8.64. The van der Waals surface area contributed by atoms with Gasteiger partial charge in [0.2, 0.25) is 0 Å². The summed E-state index contributed by atoms with van der Waals surface area (Å²) in [7, 11) is 0. The molecule has 1 aromatic rings. The second-order valence-electron chi connectivity index (χ2n) is 5.22. The van der Waals surface area contributed by atoms with Crippen LogP contribution in [-0.2, 0) is 4.74 Å². The number of nitrogens with zero attached hydrogens (tertiary/aromatic N) is 3. The minimum absolute atomic E-state index is 0.390. The van der Waals surface area contributed by atoms with Crippen LogP contribution in [-0.4, -0.2) is 35.8 Å². The molecule has 6 nitrogen and oxygen atoms in total. The summed E-state index contributed by atoms with van der Waals surface area (Å²) in [5, 5.41) is 0.